The zero-order valence-corrected chi connectivity index (χ0v) is 21.2. The van der Waals surface area contributed by atoms with Gasteiger partial charge >= 0.3 is 0 Å². The molecule has 11 heteroatoms. The number of carbonyl (C=O) groups excluding carboxylic acids is 1. The van der Waals surface area contributed by atoms with Gasteiger partial charge in [0.1, 0.15) is 17.6 Å². The van der Waals surface area contributed by atoms with Gasteiger partial charge in [-0.05, 0) is 49.4 Å². The summed E-state index contributed by atoms with van der Waals surface area (Å²) in [5.74, 6) is 1.41. The number of aromatic nitrogens is 4. The molecule has 0 radical (unpaired) electrons. The third-order valence-electron chi connectivity index (χ3n) is 6.15. The third kappa shape index (κ3) is 4.49. The van der Waals surface area contributed by atoms with Crippen LogP contribution in [0.3, 0.4) is 0 Å². The molecule has 10 nitrogen and oxygen atoms in total. The highest BCUT2D eigenvalue weighted by atomic mass is 19.1. The fraction of sp³-hybridized carbons (Fsp3) is 0.185. The van der Waals surface area contributed by atoms with Gasteiger partial charge in [-0.25, -0.2) is 9.07 Å². The summed E-state index contributed by atoms with van der Waals surface area (Å²) in [5.41, 5.74) is 2.69. The molecule has 5 rings (SSSR count). The molecule has 194 valence electrons. The maximum Gasteiger partial charge on any atom is 0.255 e. The topological polar surface area (TPSA) is 112 Å². The number of benzene rings is 2. The molecule has 1 aliphatic rings. The van der Waals surface area contributed by atoms with Crippen molar-refractivity contribution in [1.29, 1.82) is 0 Å². The van der Waals surface area contributed by atoms with Crippen LogP contribution in [0.4, 0.5) is 16.0 Å². The van der Waals surface area contributed by atoms with E-state index in [1.54, 1.807) is 60.4 Å². The van der Waals surface area contributed by atoms with Crippen LogP contribution in [0.25, 0.3) is 11.4 Å². The first-order chi connectivity index (χ1) is 18.4. The van der Waals surface area contributed by atoms with Gasteiger partial charge in [-0.15, -0.1) is 5.10 Å². The summed E-state index contributed by atoms with van der Waals surface area (Å²) in [6, 6.07) is 12.0. The number of allylic oxidation sites excluding steroid dienone is 1. The van der Waals surface area contributed by atoms with Gasteiger partial charge in [-0.2, -0.15) is 4.98 Å². The fourth-order valence-corrected chi connectivity index (χ4v) is 4.36. The Bertz CT molecular complexity index is 1520. The molecular weight excluding hydrogens is 491 g/mol. The van der Waals surface area contributed by atoms with E-state index >= 15 is 0 Å². The minimum atomic E-state index is -0.764. The first-order valence-electron chi connectivity index (χ1n) is 11.6. The highest BCUT2D eigenvalue weighted by Crippen LogP contribution is 2.44. The van der Waals surface area contributed by atoms with E-state index in [0.717, 1.165) is 0 Å². The van der Waals surface area contributed by atoms with Crippen molar-refractivity contribution in [3.8, 4) is 28.6 Å². The molecule has 0 aliphatic carbocycles. The Hall–Kier alpha value is -4.93. The zero-order valence-electron chi connectivity index (χ0n) is 21.2. The summed E-state index contributed by atoms with van der Waals surface area (Å²) in [6.07, 6.45) is 3.18. The molecule has 1 atom stereocenters. The van der Waals surface area contributed by atoms with Gasteiger partial charge < -0.3 is 24.8 Å². The Balaban J connectivity index is 1.69. The number of ether oxygens (including phenoxy) is 3. The van der Waals surface area contributed by atoms with Gasteiger partial charge in [0.25, 0.3) is 5.91 Å². The second-order valence-electron chi connectivity index (χ2n) is 8.42. The Labute approximate surface area is 218 Å². The highest BCUT2D eigenvalue weighted by molar-refractivity contribution is 6.06. The van der Waals surface area contributed by atoms with Crippen LogP contribution in [-0.2, 0) is 4.79 Å². The zero-order chi connectivity index (χ0) is 26.8. The molecule has 0 fully saturated rings. The van der Waals surface area contributed by atoms with Crippen molar-refractivity contribution in [2.45, 2.75) is 13.0 Å². The number of rotatable bonds is 7. The van der Waals surface area contributed by atoms with Crippen LogP contribution in [0.5, 0.6) is 17.2 Å². The summed E-state index contributed by atoms with van der Waals surface area (Å²) >= 11 is 0. The van der Waals surface area contributed by atoms with Crippen molar-refractivity contribution < 1.29 is 23.4 Å². The molecule has 2 aromatic carbocycles. The van der Waals surface area contributed by atoms with Crippen LogP contribution in [0.1, 0.15) is 18.5 Å². The number of amides is 1. The number of hydrogen-bond acceptors (Lipinski definition) is 8. The number of hydrogen-bond donors (Lipinski definition) is 2. The second kappa shape index (κ2) is 10.2. The van der Waals surface area contributed by atoms with Crippen molar-refractivity contribution in [2.75, 3.05) is 32.0 Å². The first kappa shape index (κ1) is 24.8. The summed E-state index contributed by atoms with van der Waals surface area (Å²) in [4.78, 5) is 22.4. The molecule has 0 spiro atoms. The minimum absolute atomic E-state index is 0.360. The number of nitrogens with one attached hydrogen (secondary N) is 2. The molecule has 0 bridgehead atoms. The van der Waals surface area contributed by atoms with Gasteiger partial charge in [0.2, 0.25) is 5.95 Å². The standard InChI is InChI=1S/C27H25FN6O4/c1-15-23(26(35)31-18-6-5-11-29-14-18)24(19-12-21(37-3)22(38-4)13-20(19)36-2)34-27(30-15)32-25(33-34)16-7-9-17(28)10-8-16/h5-14,24H,1-4H3,(H,31,35)(H,30,32,33). The lowest BCUT2D eigenvalue weighted by Gasteiger charge is -2.30. The second-order valence-corrected chi connectivity index (χ2v) is 8.42. The Morgan fingerprint density at radius 1 is 1.03 bits per heavy atom. The van der Waals surface area contributed by atoms with Gasteiger partial charge in [0.05, 0.1) is 38.8 Å². The lowest BCUT2D eigenvalue weighted by Crippen LogP contribution is -2.31. The largest absolute Gasteiger partial charge is 0.496 e. The molecular formula is C27H25FN6O4. The van der Waals surface area contributed by atoms with Gasteiger partial charge in [-0.3, -0.25) is 9.78 Å². The average Bonchev–Trinajstić information content (AvgIpc) is 3.35. The quantitative estimate of drug-likeness (QED) is 0.371. The number of anilines is 2. The molecule has 1 aliphatic heterocycles. The Morgan fingerprint density at radius 2 is 1.74 bits per heavy atom. The summed E-state index contributed by atoms with van der Waals surface area (Å²) < 4.78 is 31.9. The molecule has 1 amide bonds. The Kier molecular flexibility index (Phi) is 6.65. The van der Waals surface area contributed by atoms with E-state index in [2.05, 4.69) is 20.6 Å². The van der Waals surface area contributed by atoms with Crippen molar-refractivity contribution in [3.63, 3.8) is 0 Å². The summed E-state index contributed by atoms with van der Waals surface area (Å²) in [6.45, 7) is 1.79. The van der Waals surface area contributed by atoms with E-state index in [0.29, 0.717) is 57.1 Å². The number of carbonyl (C=O) groups is 1. The normalized spacial score (nSPS) is 14.4. The molecule has 2 N–H and O–H groups in total. The van der Waals surface area contributed by atoms with Crippen LogP contribution in [0.15, 0.2) is 72.2 Å². The van der Waals surface area contributed by atoms with Gasteiger partial charge in [-0.1, -0.05) is 0 Å². The number of nitrogens with zero attached hydrogens (tertiary/aromatic N) is 4. The van der Waals surface area contributed by atoms with Crippen LogP contribution >= 0.6 is 0 Å². The van der Waals surface area contributed by atoms with Crippen LogP contribution in [0.2, 0.25) is 0 Å². The van der Waals surface area contributed by atoms with Crippen LogP contribution in [0, 0.1) is 5.82 Å². The van der Waals surface area contributed by atoms with E-state index in [-0.39, 0.29) is 11.7 Å². The fourth-order valence-electron chi connectivity index (χ4n) is 4.36. The lowest BCUT2D eigenvalue weighted by atomic mass is 9.93. The molecule has 0 saturated heterocycles. The Morgan fingerprint density at radius 3 is 2.39 bits per heavy atom. The summed E-state index contributed by atoms with van der Waals surface area (Å²) in [7, 11) is 4.59. The maximum absolute atomic E-state index is 13.7. The van der Waals surface area contributed by atoms with E-state index in [9.17, 15) is 9.18 Å². The van der Waals surface area contributed by atoms with Crippen molar-refractivity contribution in [1.82, 2.24) is 19.7 Å². The number of pyridine rings is 1. The summed E-state index contributed by atoms with van der Waals surface area (Å²) in [5, 5.41) is 10.8. The predicted octanol–water partition coefficient (Wildman–Crippen LogP) is 4.43. The van der Waals surface area contributed by atoms with Crippen molar-refractivity contribution in [3.05, 3.63) is 83.6 Å². The highest BCUT2D eigenvalue weighted by Gasteiger charge is 2.37. The smallest absolute Gasteiger partial charge is 0.255 e. The van der Waals surface area contributed by atoms with Gasteiger partial charge in [0, 0.05) is 29.1 Å². The molecule has 38 heavy (non-hydrogen) atoms. The molecule has 0 saturated carbocycles. The lowest BCUT2D eigenvalue weighted by molar-refractivity contribution is -0.113. The number of halogens is 1. The SMILES string of the molecule is COc1cc(OC)c(C2C(C(=O)Nc3cccnc3)=C(C)Nc3nc(-c4ccc(F)cc4)nn32)cc1OC. The van der Waals surface area contributed by atoms with Crippen LogP contribution < -0.4 is 24.8 Å². The van der Waals surface area contributed by atoms with E-state index in [1.807, 2.05) is 0 Å². The van der Waals surface area contributed by atoms with E-state index in [4.69, 9.17) is 19.3 Å². The van der Waals surface area contributed by atoms with E-state index in [1.165, 1.54) is 33.5 Å². The average molecular weight is 517 g/mol. The first-order valence-corrected chi connectivity index (χ1v) is 11.6. The monoisotopic (exact) mass is 516 g/mol. The molecule has 4 aromatic rings. The molecule has 2 aromatic heterocycles. The van der Waals surface area contributed by atoms with Crippen molar-refractivity contribution >= 4 is 17.5 Å². The number of fused-ring (bicyclic) bond motifs is 1. The molecule has 1 unspecified atom stereocenters. The van der Waals surface area contributed by atoms with E-state index < -0.39 is 6.04 Å². The van der Waals surface area contributed by atoms with Gasteiger partial charge in [0.15, 0.2) is 17.3 Å². The molecule has 3 heterocycles. The van der Waals surface area contributed by atoms with Crippen LogP contribution in [-0.4, -0.2) is 47.0 Å². The minimum Gasteiger partial charge on any atom is -0.496 e. The van der Waals surface area contributed by atoms with Crippen molar-refractivity contribution in [2.24, 2.45) is 0 Å². The maximum atomic E-state index is 13.7. The third-order valence-corrected chi connectivity index (χ3v) is 6.15. The predicted molar refractivity (Wildman–Crippen MR) is 139 cm³/mol. The number of methoxy groups -OCH3 is 3.